The molecule has 0 bridgehead atoms. The number of carbonyl (C=O) groups is 1. The molecule has 96 valence electrons. The Kier molecular flexibility index (Phi) is 4.34. The lowest BCUT2D eigenvalue weighted by molar-refractivity contribution is 0.0890. The van der Waals surface area contributed by atoms with Gasteiger partial charge in [-0.3, -0.25) is 4.79 Å². The van der Waals surface area contributed by atoms with E-state index in [2.05, 4.69) is 19.2 Å². The third-order valence-corrected chi connectivity index (χ3v) is 2.90. The quantitative estimate of drug-likeness (QED) is 0.815. The van der Waals surface area contributed by atoms with Gasteiger partial charge in [0.15, 0.2) is 0 Å². The van der Waals surface area contributed by atoms with Crippen LogP contribution in [0.5, 0.6) is 0 Å². The summed E-state index contributed by atoms with van der Waals surface area (Å²) in [6.45, 7) is 6.69. The average molecular weight is 237 g/mol. The normalized spacial score (nSPS) is 14.7. The van der Waals surface area contributed by atoms with E-state index < -0.39 is 0 Å². The Hall–Kier alpha value is -1.29. The zero-order chi connectivity index (χ0) is 13.1. The van der Waals surface area contributed by atoms with E-state index in [0.717, 1.165) is 6.42 Å². The molecule has 0 aliphatic rings. The van der Waals surface area contributed by atoms with Gasteiger partial charge in [0.1, 0.15) is 5.69 Å². The molecule has 1 atom stereocenters. The molecule has 0 fully saturated rings. The highest BCUT2D eigenvalue weighted by Gasteiger charge is 2.26. The number of hydrogen-bond acceptors (Lipinski definition) is 2. The lowest BCUT2D eigenvalue weighted by Gasteiger charge is -2.31. The summed E-state index contributed by atoms with van der Waals surface area (Å²) in [5.41, 5.74) is 6.10. The van der Waals surface area contributed by atoms with Gasteiger partial charge < -0.3 is 15.6 Å². The summed E-state index contributed by atoms with van der Waals surface area (Å²) in [5.74, 6) is 0.434. The Bertz CT molecular complexity index is 384. The van der Waals surface area contributed by atoms with Crippen LogP contribution < -0.4 is 11.1 Å². The smallest absolute Gasteiger partial charge is 0.268 e. The third kappa shape index (κ3) is 3.60. The molecule has 4 nitrogen and oxygen atoms in total. The summed E-state index contributed by atoms with van der Waals surface area (Å²) in [7, 11) is 1.86. The van der Waals surface area contributed by atoms with E-state index in [1.54, 1.807) is 0 Å². The van der Waals surface area contributed by atoms with Crippen molar-refractivity contribution in [3.8, 4) is 0 Å². The zero-order valence-electron chi connectivity index (χ0n) is 11.2. The van der Waals surface area contributed by atoms with Gasteiger partial charge in [0.25, 0.3) is 5.91 Å². The lowest BCUT2D eigenvalue weighted by atomic mass is 9.90. The summed E-state index contributed by atoms with van der Waals surface area (Å²) in [6, 6.07) is 3.67. The molecule has 0 aliphatic carbocycles. The van der Waals surface area contributed by atoms with E-state index in [-0.39, 0.29) is 11.4 Å². The molecule has 1 rings (SSSR count). The van der Waals surface area contributed by atoms with Crippen LogP contribution in [0.25, 0.3) is 0 Å². The fourth-order valence-electron chi connectivity index (χ4n) is 2.12. The minimum atomic E-state index is -0.338. The molecule has 0 aliphatic heterocycles. The first-order chi connectivity index (χ1) is 7.88. The first kappa shape index (κ1) is 13.8. The molecule has 1 unspecified atom stereocenters. The third-order valence-electron chi connectivity index (χ3n) is 2.90. The predicted octanol–water partition coefficient (Wildman–Crippen LogP) is 1.52. The molecule has 0 aromatic carbocycles. The number of aryl methyl sites for hydroxylation is 1. The topological polar surface area (TPSA) is 60.0 Å². The van der Waals surface area contributed by atoms with E-state index in [1.165, 1.54) is 0 Å². The van der Waals surface area contributed by atoms with E-state index in [0.29, 0.717) is 18.2 Å². The highest BCUT2D eigenvalue weighted by Crippen LogP contribution is 2.16. The summed E-state index contributed by atoms with van der Waals surface area (Å²) < 4.78 is 1.81. The van der Waals surface area contributed by atoms with Crippen molar-refractivity contribution in [1.82, 2.24) is 9.88 Å². The van der Waals surface area contributed by atoms with Crippen LogP contribution in [0.15, 0.2) is 18.3 Å². The Labute approximate surface area is 103 Å². The van der Waals surface area contributed by atoms with Gasteiger partial charge in [0, 0.05) is 19.8 Å². The van der Waals surface area contributed by atoms with Gasteiger partial charge >= 0.3 is 0 Å². The molecule has 0 saturated carbocycles. The van der Waals surface area contributed by atoms with E-state index in [4.69, 9.17) is 5.73 Å². The molecular formula is C13H23N3O. The van der Waals surface area contributed by atoms with Gasteiger partial charge in [0.2, 0.25) is 0 Å². The number of amides is 1. The molecule has 4 heteroatoms. The van der Waals surface area contributed by atoms with Gasteiger partial charge in [-0.1, -0.05) is 13.8 Å². The largest absolute Gasteiger partial charge is 0.347 e. The van der Waals surface area contributed by atoms with Gasteiger partial charge in [-0.2, -0.15) is 0 Å². The number of aromatic nitrogens is 1. The van der Waals surface area contributed by atoms with Crippen LogP contribution in [0, 0.1) is 5.92 Å². The van der Waals surface area contributed by atoms with Gasteiger partial charge in [-0.25, -0.2) is 0 Å². The fourth-order valence-corrected chi connectivity index (χ4v) is 2.12. The first-order valence-corrected chi connectivity index (χ1v) is 6.02. The number of nitrogens with one attached hydrogen (secondary N) is 1. The van der Waals surface area contributed by atoms with Crippen molar-refractivity contribution in [3.05, 3.63) is 24.0 Å². The van der Waals surface area contributed by atoms with Crippen molar-refractivity contribution in [1.29, 1.82) is 0 Å². The predicted molar refractivity (Wildman–Crippen MR) is 69.8 cm³/mol. The van der Waals surface area contributed by atoms with E-state index >= 15 is 0 Å². The molecule has 3 N–H and O–H groups in total. The Morgan fingerprint density at radius 1 is 1.59 bits per heavy atom. The maximum absolute atomic E-state index is 12.1. The number of hydrogen-bond donors (Lipinski definition) is 2. The minimum Gasteiger partial charge on any atom is -0.347 e. The van der Waals surface area contributed by atoms with E-state index in [1.807, 2.05) is 36.9 Å². The Morgan fingerprint density at radius 2 is 2.24 bits per heavy atom. The van der Waals surface area contributed by atoms with Crippen LogP contribution in [-0.4, -0.2) is 22.6 Å². The first-order valence-electron chi connectivity index (χ1n) is 6.02. The van der Waals surface area contributed by atoms with Gasteiger partial charge in [-0.15, -0.1) is 0 Å². The molecule has 0 spiro atoms. The second kappa shape index (κ2) is 5.36. The van der Waals surface area contributed by atoms with Crippen molar-refractivity contribution < 1.29 is 4.79 Å². The van der Waals surface area contributed by atoms with Crippen LogP contribution in [0.4, 0.5) is 0 Å². The minimum absolute atomic E-state index is 0.0638. The van der Waals surface area contributed by atoms with Crippen molar-refractivity contribution in [2.75, 3.05) is 6.54 Å². The van der Waals surface area contributed by atoms with Crippen molar-refractivity contribution in [2.45, 2.75) is 32.7 Å². The number of rotatable bonds is 5. The SMILES string of the molecule is CC(C)CC(C)(CN)NC(=O)c1cccn1C. The second-order valence-electron chi connectivity index (χ2n) is 5.32. The number of carbonyl (C=O) groups excluding carboxylic acids is 1. The molecule has 0 radical (unpaired) electrons. The monoisotopic (exact) mass is 237 g/mol. The van der Waals surface area contributed by atoms with E-state index in [9.17, 15) is 4.79 Å². The molecule has 1 aromatic heterocycles. The van der Waals surface area contributed by atoms with Crippen LogP contribution in [0.2, 0.25) is 0 Å². The van der Waals surface area contributed by atoms with Crippen molar-refractivity contribution in [2.24, 2.45) is 18.7 Å². The second-order valence-corrected chi connectivity index (χ2v) is 5.32. The standard InChI is InChI=1S/C13H23N3O/c1-10(2)8-13(3,9-14)15-12(17)11-6-5-7-16(11)4/h5-7,10H,8-9,14H2,1-4H3,(H,15,17). The summed E-state index contributed by atoms with van der Waals surface area (Å²) in [5, 5.41) is 3.03. The van der Waals surface area contributed by atoms with Crippen LogP contribution in [0.3, 0.4) is 0 Å². The summed E-state index contributed by atoms with van der Waals surface area (Å²) in [6.07, 6.45) is 2.73. The van der Waals surface area contributed by atoms with Crippen LogP contribution in [0.1, 0.15) is 37.7 Å². The lowest BCUT2D eigenvalue weighted by Crippen LogP contribution is -2.52. The molecule has 0 saturated heterocycles. The summed E-state index contributed by atoms with van der Waals surface area (Å²) in [4.78, 5) is 12.1. The summed E-state index contributed by atoms with van der Waals surface area (Å²) >= 11 is 0. The highest BCUT2D eigenvalue weighted by atomic mass is 16.2. The fraction of sp³-hybridized carbons (Fsp3) is 0.615. The van der Waals surface area contributed by atoms with Crippen LogP contribution >= 0.6 is 0 Å². The maximum atomic E-state index is 12.1. The van der Waals surface area contributed by atoms with Crippen LogP contribution in [-0.2, 0) is 7.05 Å². The Balaban J connectivity index is 2.75. The molecule has 1 amide bonds. The Morgan fingerprint density at radius 3 is 2.65 bits per heavy atom. The maximum Gasteiger partial charge on any atom is 0.268 e. The molecular weight excluding hydrogens is 214 g/mol. The van der Waals surface area contributed by atoms with Crippen molar-refractivity contribution in [3.63, 3.8) is 0 Å². The van der Waals surface area contributed by atoms with Gasteiger partial charge in [0.05, 0.1) is 5.54 Å². The molecule has 17 heavy (non-hydrogen) atoms. The zero-order valence-corrected chi connectivity index (χ0v) is 11.2. The average Bonchev–Trinajstić information content (AvgIpc) is 2.63. The van der Waals surface area contributed by atoms with Crippen molar-refractivity contribution >= 4 is 5.91 Å². The molecule has 1 aromatic rings. The van der Waals surface area contributed by atoms with Gasteiger partial charge in [-0.05, 0) is 31.4 Å². The number of nitrogens with zero attached hydrogens (tertiary/aromatic N) is 1. The highest BCUT2D eigenvalue weighted by molar-refractivity contribution is 5.93. The molecule has 1 heterocycles. The number of nitrogens with two attached hydrogens (primary N) is 1.